The summed E-state index contributed by atoms with van der Waals surface area (Å²) in [5.41, 5.74) is 0.397. The van der Waals surface area contributed by atoms with E-state index in [1.54, 1.807) is 24.1 Å². The monoisotopic (exact) mass is 264 g/mol. The lowest BCUT2D eigenvalue weighted by atomic mass is 10.2. The van der Waals surface area contributed by atoms with Crippen LogP contribution in [0.3, 0.4) is 0 Å². The van der Waals surface area contributed by atoms with Gasteiger partial charge in [0.05, 0.1) is 0 Å². The molecule has 106 valence electrons. The molecule has 0 saturated heterocycles. The molecule has 1 heterocycles. The number of carbonyl (C=O) groups is 1. The summed E-state index contributed by atoms with van der Waals surface area (Å²) < 4.78 is 0. The summed E-state index contributed by atoms with van der Waals surface area (Å²) >= 11 is 0. The molecule has 0 spiro atoms. The van der Waals surface area contributed by atoms with Gasteiger partial charge in [0.25, 0.3) is 5.91 Å². The zero-order valence-corrected chi connectivity index (χ0v) is 12.3. The number of unbranched alkanes of at least 4 members (excludes halogenated alkanes) is 1. The van der Waals surface area contributed by atoms with Gasteiger partial charge in [0.1, 0.15) is 5.82 Å². The maximum absolute atomic E-state index is 12.0. The molecule has 1 N–H and O–H groups in total. The molecule has 1 unspecified atom stereocenters. The maximum atomic E-state index is 12.0. The number of rotatable bonds is 7. The Morgan fingerprint density at radius 3 is 2.63 bits per heavy atom. The lowest BCUT2D eigenvalue weighted by molar-refractivity contribution is 0.0786. The molecule has 0 bridgehead atoms. The van der Waals surface area contributed by atoms with Crippen molar-refractivity contribution in [2.75, 3.05) is 18.9 Å². The second-order valence-corrected chi connectivity index (χ2v) is 4.84. The van der Waals surface area contributed by atoms with Crippen molar-refractivity contribution >= 4 is 11.7 Å². The number of hydrogen-bond donors (Lipinski definition) is 1. The van der Waals surface area contributed by atoms with Crippen molar-refractivity contribution in [1.82, 2.24) is 15.1 Å². The fourth-order valence-corrected chi connectivity index (χ4v) is 1.57. The number of amides is 1. The van der Waals surface area contributed by atoms with Gasteiger partial charge in [-0.05, 0) is 31.9 Å². The molecule has 1 atom stereocenters. The molecule has 1 aromatic rings. The van der Waals surface area contributed by atoms with E-state index in [4.69, 9.17) is 0 Å². The van der Waals surface area contributed by atoms with E-state index in [1.807, 2.05) is 0 Å². The third kappa shape index (κ3) is 4.85. The Hall–Kier alpha value is -1.65. The van der Waals surface area contributed by atoms with Crippen molar-refractivity contribution in [2.24, 2.45) is 0 Å². The molecule has 0 radical (unpaired) electrons. The minimum absolute atomic E-state index is 0.0731. The van der Waals surface area contributed by atoms with Crippen LogP contribution in [0.25, 0.3) is 0 Å². The smallest absolute Gasteiger partial charge is 0.274 e. The predicted molar refractivity (Wildman–Crippen MR) is 77.3 cm³/mol. The van der Waals surface area contributed by atoms with Crippen molar-refractivity contribution < 1.29 is 4.79 Å². The Labute approximate surface area is 115 Å². The highest BCUT2D eigenvalue weighted by atomic mass is 16.2. The number of aromatic nitrogens is 2. The molecule has 0 aromatic carbocycles. The van der Waals surface area contributed by atoms with Gasteiger partial charge < -0.3 is 10.2 Å². The van der Waals surface area contributed by atoms with Gasteiger partial charge in [-0.2, -0.15) is 0 Å². The van der Waals surface area contributed by atoms with Crippen LogP contribution in [0, 0.1) is 0 Å². The second kappa shape index (κ2) is 7.71. The van der Waals surface area contributed by atoms with Gasteiger partial charge in [-0.1, -0.05) is 20.3 Å². The van der Waals surface area contributed by atoms with Crippen LogP contribution in [0.15, 0.2) is 12.1 Å². The number of carbonyl (C=O) groups excluding carboxylic acids is 1. The zero-order chi connectivity index (χ0) is 14.3. The van der Waals surface area contributed by atoms with Crippen LogP contribution in [0.1, 0.15) is 50.5 Å². The van der Waals surface area contributed by atoms with Crippen molar-refractivity contribution in [3.63, 3.8) is 0 Å². The largest absolute Gasteiger partial charge is 0.366 e. The highest BCUT2D eigenvalue weighted by Crippen LogP contribution is 2.07. The normalized spacial score (nSPS) is 12.0. The van der Waals surface area contributed by atoms with Crippen molar-refractivity contribution in [3.8, 4) is 0 Å². The Balaban J connectivity index is 2.62. The highest BCUT2D eigenvalue weighted by Gasteiger charge is 2.13. The molecule has 1 amide bonds. The molecular formula is C14H24N4O. The van der Waals surface area contributed by atoms with Crippen LogP contribution in [-0.2, 0) is 0 Å². The summed E-state index contributed by atoms with van der Waals surface area (Å²) in [6.07, 6.45) is 3.09. The molecule has 19 heavy (non-hydrogen) atoms. The first-order chi connectivity index (χ1) is 9.08. The lowest BCUT2D eigenvalue weighted by Gasteiger charge is -2.16. The third-order valence-corrected chi connectivity index (χ3v) is 3.08. The minimum atomic E-state index is -0.0731. The standard InChI is InChI=1S/C14H24N4O/c1-5-7-10-18(4)14(19)12-8-9-13(17-16-12)15-11(3)6-2/h8-9,11H,5-7,10H2,1-4H3,(H,15,17). The third-order valence-electron chi connectivity index (χ3n) is 3.08. The first-order valence-corrected chi connectivity index (χ1v) is 6.94. The second-order valence-electron chi connectivity index (χ2n) is 4.84. The number of nitrogens with one attached hydrogen (secondary N) is 1. The fraction of sp³-hybridized carbons (Fsp3) is 0.643. The Bertz CT molecular complexity index is 391. The van der Waals surface area contributed by atoms with Crippen LogP contribution >= 0.6 is 0 Å². The topological polar surface area (TPSA) is 58.1 Å². The van der Waals surface area contributed by atoms with E-state index in [-0.39, 0.29) is 5.91 Å². The van der Waals surface area contributed by atoms with E-state index in [2.05, 4.69) is 36.3 Å². The van der Waals surface area contributed by atoms with Crippen LogP contribution < -0.4 is 5.32 Å². The summed E-state index contributed by atoms with van der Waals surface area (Å²) in [4.78, 5) is 13.7. The molecule has 0 saturated carbocycles. The summed E-state index contributed by atoms with van der Waals surface area (Å²) in [6.45, 7) is 7.04. The van der Waals surface area contributed by atoms with Gasteiger partial charge in [-0.15, -0.1) is 10.2 Å². The van der Waals surface area contributed by atoms with E-state index in [0.717, 1.165) is 25.8 Å². The molecule has 5 nitrogen and oxygen atoms in total. The first kappa shape index (κ1) is 15.4. The summed E-state index contributed by atoms with van der Waals surface area (Å²) in [7, 11) is 1.80. The number of anilines is 1. The maximum Gasteiger partial charge on any atom is 0.274 e. The average Bonchev–Trinajstić information content (AvgIpc) is 2.44. The summed E-state index contributed by atoms with van der Waals surface area (Å²) in [5.74, 6) is 0.637. The summed E-state index contributed by atoms with van der Waals surface area (Å²) in [6, 6.07) is 3.88. The van der Waals surface area contributed by atoms with Crippen molar-refractivity contribution in [2.45, 2.75) is 46.1 Å². The molecule has 1 aromatic heterocycles. The molecule has 0 aliphatic rings. The number of hydrogen-bond acceptors (Lipinski definition) is 4. The van der Waals surface area contributed by atoms with Crippen LogP contribution in [0.2, 0.25) is 0 Å². The zero-order valence-electron chi connectivity index (χ0n) is 12.3. The van der Waals surface area contributed by atoms with E-state index in [9.17, 15) is 4.79 Å². The first-order valence-electron chi connectivity index (χ1n) is 6.94. The predicted octanol–water partition coefficient (Wildman–Crippen LogP) is 2.56. The highest BCUT2D eigenvalue weighted by molar-refractivity contribution is 5.92. The Morgan fingerprint density at radius 1 is 1.37 bits per heavy atom. The molecule has 0 aliphatic carbocycles. The fourth-order valence-electron chi connectivity index (χ4n) is 1.57. The van der Waals surface area contributed by atoms with E-state index in [0.29, 0.717) is 17.6 Å². The molecule has 5 heteroatoms. The number of nitrogens with zero attached hydrogens (tertiary/aromatic N) is 3. The van der Waals surface area contributed by atoms with Gasteiger partial charge >= 0.3 is 0 Å². The molecule has 0 fully saturated rings. The van der Waals surface area contributed by atoms with Crippen LogP contribution in [-0.4, -0.2) is 40.6 Å². The average molecular weight is 264 g/mol. The van der Waals surface area contributed by atoms with E-state index >= 15 is 0 Å². The van der Waals surface area contributed by atoms with Crippen molar-refractivity contribution in [3.05, 3.63) is 17.8 Å². The van der Waals surface area contributed by atoms with Crippen LogP contribution in [0.5, 0.6) is 0 Å². The SMILES string of the molecule is CCCCN(C)C(=O)c1ccc(NC(C)CC)nn1. The Morgan fingerprint density at radius 2 is 2.11 bits per heavy atom. The van der Waals surface area contributed by atoms with Crippen molar-refractivity contribution in [1.29, 1.82) is 0 Å². The van der Waals surface area contributed by atoms with E-state index in [1.165, 1.54) is 0 Å². The van der Waals surface area contributed by atoms with Gasteiger partial charge in [0.15, 0.2) is 5.69 Å². The lowest BCUT2D eigenvalue weighted by Crippen LogP contribution is -2.28. The van der Waals surface area contributed by atoms with Crippen LogP contribution in [0.4, 0.5) is 5.82 Å². The van der Waals surface area contributed by atoms with Gasteiger partial charge in [0, 0.05) is 19.6 Å². The molecular weight excluding hydrogens is 240 g/mol. The van der Waals surface area contributed by atoms with Gasteiger partial charge in [-0.3, -0.25) is 4.79 Å². The molecule has 0 aliphatic heterocycles. The summed E-state index contributed by atoms with van der Waals surface area (Å²) in [5, 5.41) is 11.3. The van der Waals surface area contributed by atoms with Gasteiger partial charge in [-0.25, -0.2) is 0 Å². The minimum Gasteiger partial charge on any atom is -0.366 e. The molecule has 1 rings (SSSR count). The van der Waals surface area contributed by atoms with Gasteiger partial charge in [0.2, 0.25) is 0 Å². The quantitative estimate of drug-likeness (QED) is 0.822. The Kier molecular flexibility index (Phi) is 6.25. The van der Waals surface area contributed by atoms with E-state index < -0.39 is 0 Å².